The average molecular weight is 312 g/mol. The van der Waals surface area contributed by atoms with Gasteiger partial charge in [0.05, 0.1) is 22.4 Å². The molecule has 4 heteroatoms. The third kappa shape index (κ3) is 3.20. The van der Waals surface area contributed by atoms with Crippen LogP contribution in [0.15, 0.2) is 34.9 Å². The number of hydrogen-bond donors (Lipinski definition) is 1. The minimum atomic E-state index is 0.00912. The van der Waals surface area contributed by atoms with Crippen molar-refractivity contribution >= 4 is 23.2 Å². The van der Waals surface area contributed by atoms with Gasteiger partial charge in [0.25, 0.3) is 0 Å². The van der Waals surface area contributed by atoms with Crippen molar-refractivity contribution in [1.82, 2.24) is 5.32 Å². The predicted octanol–water partition coefficient (Wildman–Crippen LogP) is 5.24. The number of benzene rings is 1. The van der Waals surface area contributed by atoms with E-state index in [0.717, 1.165) is 36.3 Å². The first-order chi connectivity index (χ1) is 9.69. The average Bonchev–Trinajstić information content (AvgIpc) is 2.92. The molecule has 108 valence electrons. The zero-order chi connectivity index (χ0) is 14.5. The first-order valence-electron chi connectivity index (χ1n) is 6.92. The van der Waals surface area contributed by atoms with Gasteiger partial charge in [-0.3, -0.25) is 0 Å². The Morgan fingerprint density at radius 2 is 1.95 bits per heavy atom. The summed E-state index contributed by atoms with van der Waals surface area (Å²) in [5, 5.41) is 4.71. The smallest absolute Gasteiger partial charge is 0.108 e. The molecule has 0 spiro atoms. The van der Waals surface area contributed by atoms with E-state index in [0.29, 0.717) is 10.0 Å². The molecule has 1 aromatic heterocycles. The molecule has 0 radical (unpaired) electrons. The molecule has 1 aromatic carbocycles. The molecule has 0 amide bonds. The number of rotatable bonds is 6. The zero-order valence-electron chi connectivity index (χ0n) is 11.7. The second-order valence-corrected chi connectivity index (χ2v) is 5.47. The van der Waals surface area contributed by atoms with Crippen LogP contribution in [0.1, 0.15) is 43.2 Å². The van der Waals surface area contributed by atoms with Crippen molar-refractivity contribution in [2.75, 3.05) is 6.54 Å². The highest BCUT2D eigenvalue weighted by atomic mass is 35.5. The molecule has 1 heterocycles. The molecule has 0 aliphatic rings. The van der Waals surface area contributed by atoms with Gasteiger partial charge in [-0.15, -0.1) is 0 Å². The van der Waals surface area contributed by atoms with Crippen LogP contribution in [0.4, 0.5) is 0 Å². The van der Waals surface area contributed by atoms with Crippen LogP contribution >= 0.6 is 23.2 Å². The SMILES string of the molecule is CCCNC(c1ccoc1CC)c1cccc(Cl)c1Cl. The van der Waals surface area contributed by atoms with Crippen LogP contribution in [0.2, 0.25) is 10.0 Å². The summed E-state index contributed by atoms with van der Waals surface area (Å²) in [6.45, 7) is 5.13. The van der Waals surface area contributed by atoms with Gasteiger partial charge < -0.3 is 9.73 Å². The lowest BCUT2D eigenvalue weighted by atomic mass is 9.98. The van der Waals surface area contributed by atoms with E-state index in [1.54, 1.807) is 12.3 Å². The molecule has 0 saturated carbocycles. The quantitative estimate of drug-likeness (QED) is 0.789. The lowest BCUT2D eigenvalue weighted by molar-refractivity contribution is 0.500. The zero-order valence-corrected chi connectivity index (χ0v) is 13.3. The molecule has 1 N–H and O–H groups in total. The molecule has 1 atom stereocenters. The standard InChI is InChI=1S/C16H19Cl2NO/c1-3-9-19-16(11-8-10-20-14(11)4-2)12-6-5-7-13(17)15(12)18/h5-8,10,16,19H,3-4,9H2,1-2H3. The minimum Gasteiger partial charge on any atom is -0.469 e. The fourth-order valence-corrected chi connectivity index (χ4v) is 2.73. The molecule has 2 rings (SSSR count). The molecular formula is C16H19Cl2NO. The highest BCUT2D eigenvalue weighted by Crippen LogP contribution is 2.34. The van der Waals surface area contributed by atoms with Gasteiger partial charge in [-0.1, -0.05) is 49.2 Å². The third-order valence-electron chi connectivity index (χ3n) is 3.30. The lowest BCUT2D eigenvalue weighted by Gasteiger charge is -2.20. The Bertz CT molecular complexity index is 565. The van der Waals surface area contributed by atoms with Crippen molar-refractivity contribution in [2.45, 2.75) is 32.7 Å². The normalized spacial score (nSPS) is 12.6. The number of furan rings is 1. The number of halogens is 2. The maximum Gasteiger partial charge on any atom is 0.108 e. The fraction of sp³-hybridized carbons (Fsp3) is 0.375. The van der Waals surface area contributed by atoms with Crippen molar-refractivity contribution < 1.29 is 4.42 Å². The summed E-state index contributed by atoms with van der Waals surface area (Å²) in [6.07, 6.45) is 3.63. The third-order valence-corrected chi connectivity index (χ3v) is 4.14. The van der Waals surface area contributed by atoms with Crippen LogP contribution in [0, 0.1) is 0 Å². The summed E-state index contributed by atoms with van der Waals surface area (Å²) in [7, 11) is 0. The second-order valence-electron chi connectivity index (χ2n) is 4.68. The summed E-state index contributed by atoms with van der Waals surface area (Å²) < 4.78 is 5.55. The van der Waals surface area contributed by atoms with Gasteiger partial charge in [-0.2, -0.15) is 0 Å². The summed E-state index contributed by atoms with van der Waals surface area (Å²) in [5.74, 6) is 0.981. The van der Waals surface area contributed by atoms with Gasteiger partial charge in [0, 0.05) is 12.0 Å². The second kappa shape index (κ2) is 7.16. The van der Waals surface area contributed by atoms with Crippen LogP contribution in [0.3, 0.4) is 0 Å². The molecule has 20 heavy (non-hydrogen) atoms. The van der Waals surface area contributed by atoms with Crippen molar-refractivity contribution in [1.29, 1.82) is 0 Å². The Hall–Kier alpha value is -0.960. The molecule has 1 unspecified atom stereocenters. The number of nitrogens with one attached hydrogen (secondary N) is 1. The Morgan fingerprint density at radius 1 is 1.15 bits per heavy atom. The van der Waals surface area contributed by atoms with E-state index in [1.165, 1.54) is 0 Å². The van der Waals surface area contributed by atoms with Crippen LogP contribution in [-0.4, -0.2) is 6.54 Å². The van der Waals surface area contributed by atoms with E-state index in [4.69, 9.17) is 27.6 Å². The van der Waals surface area contributed by atoms with Crippen molar-refractivity contribution in [3.63, 3.8) is 0 Å². The van der Waals surface area contributed by atoms with E-state index >= 15 is 0 Å². The molecule has 0 aliphatic carbocycles. The summed E-state index contributed by atoms with van der Waals surface area (Å²) in [6, 6.07) is 7.75. The molecule has 0 bridgehead atoms. The maximum atomic E-state index is 6.38. The Labute approximate surface area is 130 Å². The molecule has 0 fully saturated rings. The van der Waals surface area contributed by atoms with E-state index < -0.39 is 0 Å². The van der Waals surface area contributed by atoms with E-state index in [-0.39, 0.29) is 6.04 Å². The van der Waals surface area contributed by atoms with E-state index in [1.807, 2.05) is 18.2 Å². The van der Waals surface area contributed by atoms with Crippen molar-refractivity contribution in [3.05, 3.63) is 57.5 Å². The highest BCUT2D eigenvalue weighted by molar-refractivity contribution is 6.42. The molecule has 2 nitrogen and oxygen atoms in total. The Kier molecular flexibility index (Phi) is 5.53. The predicted molar refractivity (Wildman–Crippen MR) is 84.7 cm³/mol. The molecule has 0 saturated heterocycles. The Morgan fingerprint density at radius 3 is 2.65 bits per heavy atom. The fourth-order valence-electron chi connectivity index (χ4n) is 2.31. The summed E-state index contributed by atoms with van der Waals surface area (Å²) in [4.78, 5) is 0. The van der Waals surface area contributed by atoms with Crippen LogP contribution in [0.5, 0.6) is 0 Å². The summed E-state index contributed by atoms with van der Waals surface area (Å²) in [5.41, 5.74) is 2.12. The van der Waals surface area contributed by atoms with Gasteiger partial charge in [-0.25, -0.2) is 0 Å². The number of hydrogen-bond acceptors (Lipinski definition) is 2. The minimum absolute atomic E-state index is 0.00912. The lowest BCUT2D eigenvalue weighted by Crippen LogP contribution is -2.24. The van der Waals surface area contributed by atoms with Gasteiger partial charge in [0.2, 0.25) is 0 Å². The van der Waals surface area contributed by atoms with Crippen LogP contribution in [0.25, 0.3) is 0 Å². The molecule has 0 aliphatic heterocycles. The van der Waals surface area contributed by atoms with Crippen molar-refractivity contribution in [2.24, 2.45) is 0 Å². The van der Waals surface area contributed by atoms with Gasteiger partial charge >= 0.3 is 0 Å². The van der Waals surface area contributed by atoms with E-state index in [9.17, 15) is 0 Å². The molecule has 2 aromatic rings. The Balaban J connectivity index is 2.44. The summed E-state index contributed by atoms with van der Waals surface area (Å²) >= 11 is 12.5. The van der Waals surface area contributed by atoms with Gasteiger partial charge in [-0.05, 0) is 30.7 Å². The van der Waals surface area contributed by atoms with Crippen molar-refractivity contribution in [3.8, 4) is 0 Å². The first-order valence-corrected chi connectivity index (χ1v) is 7.68. The topological polar surface area (TPSA) is 25.2 Å². The van der Waals surface area contributed by atoms with Crippen LogP contribution < -0.4 is 5.32 Å². The monoisotopic (exact) mass is 311 g/mol. The number of aryl methyl sites for hydroxylation is 1. The molecular weight excluding hydrogens is 293 g/mol. The largest absolute Gasteiger partial charge is 0.469 e. The van der Waals surface area contributed by atoms with Gasteiger partial charge in [0.15, 0.2) is 0 Å². The highest BCUT2D eigenvalue weighted by Gasteiger charge is 2.21. The van der Waals surface area contributed by atoms with E-state index in [2.05, 4.69) is 19.2 Å². The van der Waals surface area contributed by atoms with Gasteiger partial charge in [0.1, 0.15) is 5.76 Å². The van der Waals surface area contributed by atoms with Crippen LogP contribution in [-0.2, 0) is 6.42 Å². The maximum absolute atomic E-state index is 6.38. The first kappa shape index (κ1) is 15.4.